The molecule has 0 saturated carbocycles. The fourth-order valence-electron chi connectivity index (χ4n) is 0.923. The van der Waals surface area contributed by atoms with Gasteiger partial charge in [0.05, 0.1) is 0 Å². The van der Waals surface area contributed by atoms with E-state index in [1.165, 1.54) is 12.5 Å². The van der Waals surface area contributed by atoms with Crippen LogP contribution in [0.5, 0.6) is 0 Å². The summed E-state index contributed by atoms with van der Waals surface area (Å²) >= 11 is 0. The van der Waals surface area contributed by atoms with Crippen LogP contribution in [0, 0.1) is 0 Å². The third-order valence-corrected chi connectivity index (χ3v) is 1.43. The Labute approximate surface area is 62.3 Å². The highest BCUT2D eigenvalue weighted by molar-refractivity contribution is 5.70. The van der Waals surface area contributed by atoms with Crippen molar-refractivity contribution in [2.75, 3.05) is 0 Å². The van der Waals surface area contributed by atoms with E-state index in [1.54, 1.807) is 18.2 Å². The predicted octanol–water partition coefficient (Wildman–Crippen LogP) is 1.19. The van der Waals surface area contributed by atoms with Gasteiger partial charge in [0.2, 0.25) is 11.0 Å². The van der Waals surface area contributed by atoms with Crippen LogP contribution in [0.1, 0.15) is 0 Å². The van der Waals surface area contributed by atoms with E-state index in [1.807, 2.05) is 0 Å². The van der Waals surface area contributed by atoms with E-state index in [-0.39, 0.29) is 5.43 Å². The molecule has 0 aliphatic heterocycles. The molecular weight excluding hydrogens is 142 g/mol. The van der Waals surface area contributed by atoms with Crippen LogP contribution in [-0.2, 0) is 0 Å². The molecule has 2 aromatic rings. The Kier molecular flexibility index (Phi) is 1.22. The summed E-state index contributed by atoms with van der Waals surface area (Å²) in [4.78, 5) is 15.0. The number of hydrogen-bond acceptors (Lipinski definition) is 3. The highest BCUT2D eigenvalue weighted by atomic mass is 16.3. The predicted molar refractivity (Wildman–Crippen MR) is 40.3 cm³/mol. The second-order valence-electron chi connectivity index (χ2n) is 2.15. The van der Waals surface area contributed by atoms with Crippen molar-refractivity contribution in [2.45, 2.75) is 0 Å². The van der Waals surface area contributed by atoms with Crippen LogP contribution >= 0.6 is 0 Å². The number of nitrogens with zero attached hydrogens (tertiary/aromatic N) is 1. The fraction of sp³-hybridized carbons (Fsp3) is 0. The van der Waals surface area contributed by atoms with E-state index in [9.17, 15) is 4.79 Å². The molecular formula is C8H5NO2. The lowest BCUT2D eigenvalue weighted by Gasteiger charge is -1.70. The molecule has 0 spiro atoms. The first-order chi connectivity index (χ1) is 5.38. The third-order valence-electron chi connectivity index (χ3n) is 1.43. The Morgan fingerprint density at radius 3 is 3.00 bits per heavy atom. The van der Waals surface area contributed by atoms with E-state index in [0.29, 0.717) is 11.1 Å². The van der Waals surface area contributed by atoms with Crippen LogP contribution in [0.3, 0.4) is 0 Å². The van der Waals surface area contributed by atoms with Crippen LogP contribution < -0.4 is 5.43 Å². The van der Waals surface area contributed by atoms with Gasteiger partial charge in [0, 0.05) is 0 Å². The molecule has 11 heavy (non-hydrogen) atoms. The molecule has 0 unspecified atom stereocenters. The zero-order valence-corrected chi connectivity index (χ0v) is 5.65. The number of fused-ring (bicyclic) bond motifs is 1. The number of aromatic nitrogens is 1. The van der Waals surface area contributed by atoms with Gasteiger partial charge in [-0.2, -0.15) is 0 Å². The molecule has 3 nitrogen and oxygen atoms in total. The van der Waals surface area contributed by atoms with Gasteiger partial charge in [-0.3, -0.25) is 4.79 Å². The number of oxazole rings is 1. The average molecular weight is 147 g/mol. The maximum absolute atomic E-state index is 11.1. The average Bonchev–Trinajstić information content (AvgIpc) is 2.40. The van der Waals surface area contributed by atoms with Crippen molar-refractivity contribution in [3.05, 3.63) is 40.9 Å². The molecule has 0 radical (unpaired) electrons. The summed E-state index contributed by atoms with van der Waals surface area (Å²) in [6, 6.07) is 6.61. The van der Waals surface area contributed by atoms with Gasteiger partial charge in [-0.05, 0) is 12.1 Å². The monoisotopic (exact) mass is 147 g/mol. The first kappa shape index (κ1) is 6.09. The Morgan fingerprint density at radius 1 is 1.27 bits per heavy atom. The quantitative estimate of drug-likeness (QED) is 0.562. The Hall–Kier alpha value is -1.64. The van der Waals surface area contributed by atoms with Crippen LogP contribution in [-0.4, -0.2) is 4.98 Å². The van der Waals surface area contributed by atoms with E-state index in [2.05, 4.69) is 4.98 Å². The minimum atomic E-state index is -0.137. The summed E-state index contributed by atoms with van der Waals surface area (Å²) in [5.41, 5.74) is 0.775. The van der Waals surface area contributed by atoms with Crippen molar-refractivity contribution in [1.82, 2.24) is 4.98 Å². The first-order valence-electron chi connectivity index (χ1n) is 3.20. The summed E-state index contributed by atoms with van der Waals surface area (Å²) in [6.07, 6.45) is 1.27. The molecule has 0 aliphatic carbocycles. The molecule has 0 N–H and O–H groups in total. The van der Waals surface area contributed by atoms with Gasteiger partial charge in [-0.1, -0.05) is 12.1 Å². The van der Waals surface area contributed by atoms with Gasteiger partial charge in [0.15, 0.2) is 6.39 Å². The highest BCUT2D eigenvalue weighted by Gasteiger charge is 1.97. The molecule has 0 fully saturated rings. The zero-order chi connectivity index (χ0) is 7.68. The summed E-state index contributed by atoms with van der Waals surface area (Å²) in [5, 5.41) is 0. The third kappa shape index (κ3) is 0.902. The zero-order valence-electron chi connectivity index (χ0n) is 5.65. The lowest BCUT2D eigenvalue weighted by atomic mass is 10.4. The molecule has 1 heterocycles. The van der Waals surface area contributed by atoms with Crippen molar-refractivity contribution >= 4 is 11.1 Å². The van der Waals surface area contributed by atoms with Gasteiger partial charge < -0.3 is 4.42 Å². The second-order valence-corrected chi connectivity index (χ2v) is 2.15. The lowest BCUT2D eigenvalue weighted by Crippen LogP contribution is -1.91. The molecule has 0 saturated heterocycles. The molecule has 3 heteroatoms. The van der Waals surface area contributed by atoms with E-state index < -0.39 is 0 Å². The first-order valence-corrected chi connectivity index (χ1v) is 3.20. The smallest absolute Gasteiger partial charge is 0.223 e. The summed E-state index contributed by atoms with van der Waals surface area (Å²) < 4.78 is 4.89. The Balaban J connectivity index is 3.09. The summed E-state index contributed by atoms with van der Waals surface area (Å²) in [6.45, 7) is 0. The normalized spacial score (nSPS) is 10.2. The molecule has 1 aromatic carbocycles. The van der Waals surface area contributed by atoms with Crippen molar-refractivity contribution in [2.24, 2.45) is 0 Å². The van der Waals surface area contributed by atoms with Gasteiger partial charge in [0.25, 0.3) is 0 Å². The van der Waals surface area contributed by atoms with E-state index >= 15 is 0 Å². The topological polar surface area (TPSA) is 43.1 Å². The largest absolute Gasteiger partial charge is 0.439 e. The van der Waals surface area contributed by atoms with Crippen LogP contribution in [0.15, 0.2) is 39.9 Å². The second kappa shape index (κ2) is 2.20. The maximum atomic E-state index is 11.1. The molecule has 0 atom stereocenters. The van der Waals surface area contributed by atoms with Gasteiger partial charge in [-0.15, -0.1) is 0 Å². The molecule has 0 aliphatic rings. The highest BCUT2D eigenvalue weighted by Crippen LogP contribution is 2.03. The molecule has 54 valence electrons. The van der Waals surface area contributed by atoms with Gasteiger partial charge >= 0.3 is 0 Å². The molecule has 2 rings (SSSR count). The van der Waals surface area contributed by atoms with E-state index in [4.69, 9.17) is 4.42 Å². The number of rotatable bonds is 0. The maximum Gasteiger partial charge on any atom is 0.223 e. The summed E-state index contributed by atoms with van der Waals surface area (Å²) in [7, 11) is 0. The lowest BCUT2D eigenvalue weighted by molar-refractivity contribution is 0.599. The minimum Gasteiger partial charge on any atom is -0.439 e. The molecule has 0 bridgehead atoms. The Bertz CT molecular complexity index is 433. The van der Waals surface area contributed by atoms with Crippen molar-refractivity contribution in [1.29, 1.82) is 0 Å². The Morgan fingerprint density at radius 2 is 2.09 bits per heavy atom. The standard InChI is InChI=1S/C8H5NO2/c10-7-4-2-1-3-6-8(7)11-5-9-6/h1-5H. The molecule has 1 aromatic heterocycles. The van der Waals surface area contributed by atoms with Crippen LogP contribution in [0.25, 0.3) is 11.1 Å². The van der Waals surface area contributed by atoms with Crippen LogP contribution in [0.2, 0.25) is 0 Å². The van der Waals surface area contributed by atoms with Crippen LogP contribution in [0.4, 0.5) is 0 Å². The van der Waals surface area contributed by atoms with E-state index in [0.717, 1.165) is 0 Å². The minimum absolute atomic E-state index is 0.137. The van der Waals surface area contributed by atoms with Crippen molar-refractivity contribution in [3.63, 3.8) is 0 Å². The van der Waals surface area contributed by atoms with Crippen molar-refractivity contribution in [3.8, 4) is 0 Å². The molecule has 0 amide bonds. The fourth-order valence-corrected chi connectivity index (χ4v) is 0.923. The van der Waals surface area contributed by atoms with Gasteiger partial charge in [-0.25, -0.2) is 4.98 Å². The van der Waals surface area contributed by atoms with Crippen molar-refractivity contribution < 1.29 is 4.42 Å². The number of hydrogen-bond donors (Lipinski definition) is 0. The SMILES string of the molecule is O=c1ccccc2ncoc12. The summed E-state index contributed by atoms with van der Waals surface area (Å²) in [5.74, 6) is 0. The van der Waals surface area contributed by atoms with Gasteiger partial charge in [0.1, 0.15) is 5.52 Å².